The lowest BCUT2D eigenvalue weighted by molar-refractivity contribution is -0.120. The fourth-order valence-electron chi connectivity index (χ4n) is 2.84. The maximum absolute atomic E-state index is 12.4. The molecule has 0 bridgehead atoms. The van der Waals surface area contributed by atoms with Crippen molar-refractivity contribution < 1.29 is 4.79 Å². The van der Waals surface area contributed by atoms with Gasteiger partial charge < -0.3 is 10.6 Å². The number of nitrogens with one attached hydrogen (secondary N) is 2. The second-order valence-electron chi connectivity index (χ2n) is 6.69. The summed E-state index contributed by atoms with van der Waals surface area (Å²) in [5.41, 5.74) is 3.54. The molecule has 0 saturated carbocycles. The van der Waals surface area contributed by atoms with Crippen molar-refractivity contribution in [3.63, 3.8) is 0 Å². The molecule has 1 saturated heterocycles. The number of benzene rings is 1. The Morgan fingerprint density at radius 1 is 1.24 bits per heavy atom. The maximum atomic E-state index is 12.4. The van der Waals surface area contributed by atoms with Crippen LogP contribution in [0.4, 0.5) is 5.69 Å². The van der Waals surface area contributed by atoms with Crippen molar-refractivity contribution in [3.05, 3.63) is 29.3 Å². The third-order valence-electron chi connectivity index (χ3n) is 4.29. The first-order valence-corrected chi connectivity index (χ1v) is 8.14. The van der Waals surface area contributed by atoms with Gasteiger partial charge in [0, 0.05) is 12.2 Å². The van der Waals surface area contributed by atoms with Crippen molar-refractivity contribution in [2.45, 2.75) is 52.4 Å². The van der Waals surface area contributed by atoms with Crippen LogP contribution in [0.5, 0.6) is 0 Å². The molecule has 0 spiro atoms. The molecule has 3 nitrogen and oxygen atoms in total. The standard InChI is InChI=1S/C18H28N2O/c1-12(2)14-7-8-17(16(10-14)13(3)4)20-18(21)15-6-5-9-19-11-15/h7-8,10,12-13,15,19H,5-6,9,11H2,1-4H3,(H,20,21)/t15-/m0/s1. The topological polar surface area (TPSA) is 41.1 Å². The lowest BCUT2D eigenvalue weighted by Gasteiger charge is -2.23. The van der Waals surface area contributed by atoms with E-state index < -0.39 is 0 Å². The van der Waals surface area contributed by atoms with Gasteiger partial charge >= 0.3 is 0 Å². The molecule has 0 radical (unpaired) electrons. The smallest absolute Gasteiger partial charge is 0.228 e. The number of hydrogen-bond acceptors (Lipinski definition) is 2. The Labute approximate surface area is 128 Å². The van der Waals surface area contributed by atoms with E-state index in [0.717, 1.165) is 31.6 Å². The van der Waals surface area contributed by atoms with E-state index in [1.807, 2.05) is 0 Å². The second kappa shape index (κ2) is 7.08. The minimum Gasteiger partial charge on any atom is -0.326 e. The molecular formula is C18H28N2O. The maximum Gasteiger partial charge on any atom is 0.228 e. The van der Waals surface area contributed by atoms with Gasteiger partial charge in [0.1, 0.15) is 0 Å². The van der Waals surface area contributed by atoms with E-state index in [-0.39, 0.29) is 11.8 Å². The van der Waals surface area contributed by atoms with E-state index >= 15 is 0 Å². The van der Waals surface area contributed by atoms with Crippen molar-refractivity contribution in [1.82, 2.24) is 5.32 Å². The Hall–Kier alpha value is -1.35. The zero-order chi connectivity index (χ0) is 15.4. The first-order chi connectivity index (χ1) is 9.99. The summed E-state index contributed by atoms with van der Waals surface area (Å²) in [6, 6.07) is 6.44. The highest BCUT2D eigenvalue weighted by Gasteiger charge is 2.22. The summed E-state index contributed by atoms with van der Waals surface area (Å²) in [4.78, 5) is 12.4. The molecule has 1 fully saturated rings. The molecule has 21 heavy (non-hydrogen) atoms. The predicted octanol–water partition coefficient (Wildman–Crippen LogP) is 3.87. The van der Waals surface area contributed by atoms with E-state index in [1.165, 1.54) is 11.1 Å². The first kappa shape index (κ1) is 16.0. The summed E-state index contributed by atoms with van der Waals surface area (Å²) in [5, 5.41) is 6.45. The Morgan fingerprint density at radius 2 is 2.00 bits per heavy atom. The van der Waals surface area contributed by atoms with Gasteiger partial charge in [-0.15, -0.1) is 0 Å². The van der Waals surface area contributed by atoms with Gasteiger partial charge in [0.25, 0.3) is 0 Å². The molecule has 1 atom stereocenters. The molecule has 2 rings (SSSR count). The van der Waals surface area contributed by atoms with Crippen LogP contribution in [0.2, 0.25) is 0 Å². The molecule has 0 aromatic heterocycles. The minimum atomic E-state index is 0.100. The van der Waals surface area contributed by atoms with Crippen molar-refractivity contribution in [2.75, 3.05) is 18.4 Å². The number of amides is 1. The molecular weight excluding hydrogens is 260 g/mol. The van der Waals surface area contributed by atoms with Gasteiger partial charge in [0.2, 0.25) is 5.91 Å². The summed E-state index contributed by atoms with van der Waals surface area (Å²) in [6.07, 6.45) is 2.07. The van der Waals surface area contributed by atoms with Crippen LogP contribution in [-0.4, -0.2) is 19.0 Å². The Morgan fingerprint density at radius 3 is 2.57 bits per heavy atom. The van der Waals surface area contributed by atoms with Crippen molar-refractivity contribution in [2.24, 2.45) is 5.92 Å². The predicted molar refractivity (Wildman–Crippen MR) is 88.8 cm³/mol. The van der Waals surface area contributed by atoms with E-state index in [2.05, 4.69) is 56.5 Å². The summed E-state index contributed by atoms with van der Waals surface area (Å²) >= 11 is 0. The molecule has 0 aliphatic carbocycles. The number of piperidine rings is 1. The number of hydrogen-bond donors (Lipinski definition) is 2. The van der Waals surface area contributed by atoms with Crippen molar-refractivity contribution in [1.29, 1.82) is 0 Å². The van der Waals surface area contributed by atoms with E-state index in [9.17, 15) is 4.79 Å². The van der Waals surface area contributed by atoms with Crippen LogP contribution < -0.4 is 10.6 Å². The van der Waals surface area contributed by atoms with Crippen LogP contribution >= 0.6 is 0 Å². The van der Waals surface area contributed by atoms with Gasteiger partial charge in [-0.2, -0.15) is 0 Å². The van der Waals surface area contributed by atoms with E-state index in [1.54, 1.807) is 0 Å². The number of carbonyl (C=O) groups excluding carboxylic acids is 1. The summed E-state index contributed by atoms with van der Waals surface area (Å²) in [5.74, 6) is 1.17. The molecule has 2 N–H and O–H groups in total. The largest absolute Gasteiger partial charge is 0.326 e. The van der Waals surface area contributed by atoms with E-state index in [0.29, 0.717) is 11.8 Å². The van der Waals surface area contributed by atoms with Gasteiger partial charge in [-0.3, -0.25) is 4.79 Å². The zero-order valence-corrected chi connectivity index (χ0v) is 13.7. The van der Waals surface area contributed by atoms with Crippen LogP contribution in [0.25, 0.3) is 0 Å². The number of carbonyl (C=O) groups is 1. The van der Waals surface area contributed by atoms with Crippen LogP contribution in [0.1, 0.15) is 63.5 Å². The first-order valence-electron chi connectivity index (χ1n) is 8.14. The number of anilines is 1. The van der Waals surface area contributed by atoms with Gasteiger partial charge in [-0.1, -0.05) is 39.8 Å². The Balaban J connectivity index is 2.16. The van der Waals surface area contributed by atoms with Gasteiger partial charge in [0.15, 0.2) is 0 Å². The lowest BCUT2D eigenvalue weighted by Crippen LogP contribution is -2.37. The minimum absolute atomic E-state index is 0.100. The second-order valence-corrected chi connectivity index (χ2v) is 6.69. The van der Waals surface area contributed by atoms with Gasteiger partial charge in [0.05, 0.1) is 5.92 Å². The SMILES string of the molecule is CC(C)c1ccc(NC(=O)[C@H]2CCCNC2)c(C(C)C)c1. The highest BCUT2D eigenvalue weighted by atomic mass is 16.1. The Kier molecular flexibility index (Phi) is 5.40. The molecule has 1 amide bonds. The molecule has 1 aliphatic rings. The van der Waals surface area contributed by atoms with Crippen LogP contribution in [0, 0.1) is 5.92 Å². The molecule has 0 unspecified atom stereocenters. The highest BCUT2D eigenvalue weighted by molar-refractivity contribution is 5.93. The van der Waals surface area contributed by atoms with Crippen LogP contribution in [-0.2, 0) is 4.79 Å². The average molecular weight is 288 g/mol. The van der Waals surface area contributed by atoms with Gasteiger partial charge in [-0.05, 0) is 48.4 Å². The normalized spacial score (nSPS) is 19.0. The van der Waals surface area contributed by atoms with Gasteiger partial charge in [-0.25, -0.2) is 0 Å². The quantitative estimate of drug-likeness (QED) is 0.883. The fourth-order valence-corrected chi connectivity index (χ4v) is 2.84. The molecule has 1 aliphatic heterocycles. The summed E-state index contributed by atoms with van der Waals surface area (Å²) in [6.45, 7) is 10.6. The Bertz CT molecular complexity index is 488. The third-order valence-corrected chi connectivity index (χ3v) is 4.29. The van der Waals surface area contributed by atoms with Crippen LogP contribution in [0.3, 0.4) is 0 Å². The lowest BCUT2D eigenvalue weighted by atomic mass is 9.93. The average Bonchev–Trinajstić information content (AvgIpc) is 2.48. The molecule has 3 heteroatoms. The zero-order valence-electron chi connectivity index (χ0n) is 13.7. The number of rotatable bonds is 4. The third kappa shape index (κ3) is 4.07. The fraction of sp³-hybridized carbons (Fsp3) is 0.611. The highest BCUT2D eigenvalue weighted by Crippen LogP contribution is 2.29. The summed E-state index contributed by atoms with van der Waals surface area (Å²) in [7, 11) is 0. The summed E-state index contributed by atoms with van der Waals surface area (Å²) < 4.78 is 0. The molecule has 1 aromatic rings. The van der Waals surface area contributed by atoms with E-state index in [4.69, 9.17) is 0 Å². The van der Waals surface area contributed by atoms with Crippen LogP contribution in [0.15, 0.2) is 18.2 Å². The molecule has 1 heterocycles. The molecule has 1 aromatic carbocycles. The van der Waals surface area contributed by atoms with Crippen molar-refractivity contribution >= 4 is 11.6 Å². The van der Waals surface area contributed by atoms with Crippen molar-refractivity contribution in [3.8, 4) is 0 Å². The monoisotopic (exact) mass is 288 g/mol. The molecule has 116 valence electrons.